The maximum atomic E-state index is 12.6. The molecule has 0 aliphatic rings. The number of carbonyl (C=O) groups excluding carboxylic acids is 1. The molecule has 0 saturated carbocycles. The minimum absolute atomic E-state index is 0.114. The lowest BCUT2D eigenvalue weighted by Gasteiger charge is -2.34. The Morgan fingerprint density at radius 1 is 1.30 bits per heavy atom. The molecule has 0 aromatic heterocycles. The summed E-state index contributed by atoms with van der Waals surface area (Å²) in [6, 6.07) is 9.68. The average molecular weight is 314 g/mol. The van der Waals surface area contributed by atoms with Gasteiger partial charge in [0.15, 0.2) is 4.33 Å². The van der Waals surface area contributed by atoms with Crippen molar-refractivity contribution in [3.63, 3.8) is 0 Å². The SMILES string of the molecule is C=CCN(C(=O)C(Cl)(Cl)C(C)C)[C@H](C)c1ccccc1. The third kappa shape index (κ3) is 3.77. The van der Waals surface area contributed by atoms with Crippen LogP contribution in [0.3, 0.4) is 0 Å². The van der Waals surface area contributed by atoms with E-state index in [4.69, 9.17) is 23.2 Å². The molecule has 0 aliphatic carbocycles. The van der Waals surface area contributed by atoms with Gasteiger partial charge in [0.2, 0.25) is 0 Å². The van der Waals surface area contributed by atoms with Gasteiger partial charge in [0, 0.05) is 6.54 Å². The van der Waals surface area contributed by atoms with Gasteiger partial charge in [0.05, 0.1) is 6.04 Å². The van der Waals surface area contributed by atoms with E-state index in [1.54, 1.807) is 11.0 Å². The molecule has 0 N–H and O–H groups in total. The molecule has 0 heterocycles. The van der Waals surface area contributed by atoms with E-state index in [-0.39, 0.29) is 17.9 Å². The minimum Gasteiger partial charge on any atom is -0.330 e. The molecule has 1 aromatic carbocycles. The highest BCUT2D eigenvalue weighted by atomic mass is 35.5. The fourth-order valence-corrected chi connectivity index (χ4v) is 2.12. The highest BCUT2D eigenvalue weighted by molar-refractivity contribution is 6.58. The number of nitrogens with zero attached hydrogens (tertiary/aromatic N) is 1. The molecule has 1 aromatic rings. The second-order valence-corrected chi connectivity index (χ2v) is 6.50. The second-order valence-electron chi connectivity index (χ2n) is 5.11. The summed E-state index contributed by atoms with van der Waals surface area (Å²) >= 11 is 12.4. The molecule has 0 saturated heterocycles. The summed E-state index contributed by atoms with van der Waals surface area (Å²) in [6.07, 6.45) is 1.68. The summed E-state index contributed by atoms with van der Waals surface area (Å²) in [6.45, 7) is 9.73. The van der Waals surface area contributed by atoms with Crippen LogP contribution in [-0.4, -0.2) is 21.7 Å². The predicted molar refractivity (Wildman–Crippen MR) is 86.0 cm³/mol. The second kappa shape index (κ2) is 7.14. The number of hydrogen-bond acceptors (Lipinski definition) is 1. The molecule has 0 radical (unpaired) electrons. The molecule has 0 fully saturated rings. The summed E-state index contributed by atoms with van der Waals surface area (Å²) in [5, 5.41) is 0. The van der Waals surface area contributed by atoms with E-state index in [0.717, 1.165) is 5.56 Å². The summed E-state index contributed by atoms with van der Waals surface area (Å²) in [4.78, 5) is 14.3. The predicted octanol–water partition coefficient (Wildman–Crippen LogP) is 4.59. The van der Waals surface area contributed by atoms with Crippen LogP contribution in [0.15, 0.2) is 43.0 Å². The Balaban J connectivity index is 3.06. The maximum Gasteiger partial charge on any atom is 0.260 e. The average Bonchev–Trinajstić information content (AvgIpc) is 2.44. The molecule has 0 bridgehead atoms. The third-order valence-corrected chi connectivity index (χ3v) is 4.54. The van der Waals surface area contributed by atoms with Crippen LogP contribution in [0.5, 0.6) is 0 Å². The Hall–Kier alpha value is -0.990. The number of hydrogen-bond donors (Lipinski definition) is 0. The molecule has 4 heteroatoms. The standard InChI is InChI=1S/C16H21Cl2NO/c1-5-11-19(15(20)16(17,18)12(2)3)13(4)14-9-7-6-8-10-14/h5-10,12-13H,1,11H2,2-4H3/t13-/m1/s1. The fraction of sp³-hybridized carbons (Fsp3) is 0.438. The van der Waals surface area contributed by atoms with E-state index in [9.17, 15) is 4.79 Å². The van der Waals surface area contributed by atoms with Gasteiger partial charge < -0.3 is 4.90 Å². The van der Waals surface area contributed by atoms with Crippen LogP contribution in [0.1, 0.15) is 32.4 Å². The molecule has 1 atom stereocenters. The van der Waals surface area contributed by atoms with Gasteiger partial charge in [0.25, 0.3) is 5.91 Å². The summed E-state index contributed by atoms with van der Waals surface area (Å²) in [5.41, 5.74) is 1.04. The number of rotatable bonds is 6. The van der Waals surface area contributed by atoms with Crippen molar-refractivity contribution in [3.8, 4) is 0 Å². The van der Waals surface area contributed by atoms with E-state index < -0.39 is 4.33 Å². The molecule has 2 nitrogen and oxygen atoms in total. The van der Waals surface area contributed by atoms with Gasteiger partial charge >= 0.3 is 0 Å². The van der Waals surface area contributed by atoms with Crippen molar-refractivity contribution in [3.05, 3.63) is 48.6 Å². The number of halogens is 2. The third-order valence-electron chi connectivity index (χ3n) is 3.35. The largest absolute Gasteiger partial charge is 0.330 e. The highest BCUT2D eigenvalue weighted by Gasteiger charge is 2.41. The van der Waals surface area contributed by atoms with E-state index >= 15 is 0 Å². The molecule has 1 rings (SSSR count). The molecule has 0 unspecified atom stereocenters. The van der Waals surface area contributed by atoms with Crippen LogP contribution in [-0.2, 0) is 4.79 Å². The zero-order valence-corrected chi connectivity index (χ0v) is 13.7. The van der Waals surface area contributed by atoms with Gasteiger partial charge in [-0.1, -0.05) is 73.5 Å². The topological polar surface area (TPSA) is 20.3 Å². The smallest absolute Gasteiger partial charge is 0.260 e. The number of alkyl halides is 2. The van der Waals surface area contributed by atoms with E-state index in [0.29, 0.717) is 6.54 Å². The van der Waals surface area contributed by atoms with Crippen molar-refractivity contribution in [2.75, 3.05) is 6.54 Å². The number of benzene rings is 1. The van der Waals surface area contributed by atoms with Crippen molar-refractivity contribution in [1.29, 1.82) is 0 Å². The van der Waals surface area contributed by atoms with Gasteiger partial charge in [0.1, 0.15) is 0 Å². The molecule has 0 spiro atoms. The van der Waals surface area contributed by atoms with Gasteiger partial charge in [-0.05, 0) is 18.4 Å². The van der Waals surface area contributed by atoms with Crippen molar-refractivity contribution >= 4 is 29.1 Å². The normalized spacial score (nSPS) is 13.1. The Bertz CT molecular complexity index is 457. The van der Waals surface area contributed by atoms with Crippen LogP contribution in [0, 0.1) is 5.92 Å². The Morgan fingerprint density at radius 3 is 2.30 bits per heavy atom. The Labute approximate surface area is 131 Å². The monoisotopic (exact) mass is 313 g/mol. The first-order chi connectivity index (χ1) is 9.32. The first-order valence-electron chi connectivity index (χ1n) is 6.67. The molecule has 1 amide bonds. The number of amides is 1. The van der Waals surface area contributed by atoms with Crippen LogP contribution in [0.2, 0.25) is 0 Å². The fourth-order valence-electron chi connectivity index (χ4n) is 1.91. The molecular formula is C16H21Cl2NO. The lowest BCUT2D eigenvalue weighted by atomic mass is 10.0. The van der Waals surface area contributed by atoms with Crippen molar-refractivity contribution in [1.82, 2.24) is 4.90 Å². The lowest BCUT2D eigenvalue weighted by molar-refractivity contribution is -0.134. The zero-order chi connectivity index (χ0) is 15.3. The van der Waals surface area contributed by atoms with Crippen LogP contribution < -0.4 is 0 Å². The molecule has 0 aliphatic heterocycles. The van der Waals surface area contributed by atoms with Crippen LogP contribution in [0.4, 0.5) is 0 Å². The summed E-state index contributed by atoms with van der Waals surface area (Å²) in [7, 11) is 0. The van der Waals surface area contributed by atoms with Gasteiger partial charge in [-0.25, -0.2) is 0 Å². The first-order valence-corrected chi connectivity index (χ1v) is 7.42. The van der Waals surface area contributed by atoms with Crippen LogP contribution in [0.25, 0.3) is 0 Å². The minimum atomic E-state index is -1.42. The summed E-state index contributed by atoms with van der Waals surface area (Å²) < 4.78 is -1.42. The van der Waals surface area contributed by atoms with E-state index in [1.807, 2.05) is 51.1 Å². The van der Waals surface area contributed by atoms with Gasteiger partial charge in [-0.3, -0.25) is 4.79 Å². The quantitative estimate of drug-likeness (QED) is 0.555. The Morgan fingerprint density at radius 2 is 1.85 bits per heavy atom. The van der Waals surface area contributed by atoms with E-state index in [1.165, 1.54) is 0 Å². The van der Waals surface area contributed by atoms with Gasteiger partial charge in [-0.2, -0.15) is 0 Å². The van der Waals surface area contributed by atoms with E-state index in [2.05, 4.69) is 6.58 Å². The Kier molecular flexibility index (Phi) is 6.09. The van der Waals surface area contributed by atoms with Crippen LogP contribution >= 0.6 is 23.2 Å². The number of carbonyl (C=O) groups is 1. The molecular weight excluding hydrogens is 293 g/mol. The van der Waals surface area contributed by atoms with Crippen molar-refractivity contribution in [2.24, 2.45) is 5.92 Å². The summed E-state index contributed by atoms with van der Waals surface area (Å²) in [5.74, 6) is -0.458. The molecule has 110 valence electrons. The first kappa shape index (κ1) is 17.1. The maximum absolute atomic E-state index is 12.6. The molecule has 20 heavy (non-hydrogen) atoms. The van der Waals surface area contributed by atoms with Crippen molar-refractivity contribution < 1.29 is 4.79 Å². The highest BCUT2D eigenvalue weighted by Crippen LogP contribution is 2.35. The lowest BCUT2D eigenvalue weighted by Crippen LogP contribution is -2.46. The zero-order valence-electron chi connectivity index (χ0n) is 12.1. The van der Waals surface area contributed by atoms with Crippen molar-refractivity contribution in [2.45, 2.75) is 31.1 Å². The van der Waals surface area contributed by atoms with Gasteiger partial charge in [-0.15, -0.1) is 6.58 Å².